The Balaban J connectivity index is 1.85. The first-order valence-electron chi connectivity index (χ1n) is 8.60. The summed E-state index contributed by atoms with van der Waals surface area (Å²) in [7, 11) is -1.42. The van der Waals surface area contributed by atoms with Crippen LogP contribution in [0.5, 0.6) is 0 Å². The fraction of sp³-hybridized carbons (Fsp3) is 0.368. The average Bonchev–Trinajstić information content (AvgIpc) is 2.89. The molecule has 132 valence electrons. The Kier molecular flexibility index (Phi) is 4.06. The highest BCUT2D eigenvalue weighted by Gasteiger charge is 2.48. The molecule has 6 heteroatoms. The predicted octanol–water partition coefficient (Wildman–Crippen LogP) is 2.23. The van der Waals surface area contributed by atoms with Crippen LogP contribution >= 0.6 is 11.6 Å². The van der Waals surface area contributed by atoms with E-state index < -0.39 is 10.0 Å². The third-order valence-corrected chi connectivity index (χ3v) is 7.50. The van der Waals surface area contributed by atoms with Gasteiger partial charge in [0.05, 0.1) is 42.7 Å². The number of nitrogens with one attached hydrogen (secondary N) is 1. The monoisotopic (exact) mass is 377 g/mol. The van der Waals surface area contributed by atoms with E-state index in [1.165, 1.54) is 16.0 Å². The van der Waals surface area contributed by atoms with Gasteiger partial charge in [0.25, 0.3) is 10.0 Å². The molecule has 0 aliphatic carbocycles. The second-order valence-corrected chi connectivity index (χ2v) is 9.44. The van der Waals surface area contributed by atoms with Crippen LogP contribution in [0, 0.1) is 6.92 Å². The van der Waals surface area contributed by atoms with Crippen LogP contribution in [-0.2, 0) is 10.0 Å². The highest BCUT2D eigenvalue weighted by atomic mass is 35.5. The number of nitrogens with zero attached hydrogens (tertiary/aromatic N) is 1. The molecule has 4 nitrogen and oxygen atoms in total. The Bertz CT molecular complexity index is 912. The number of likely N-dealkylation sites (N-methyl/N-ethyl adjacent to an activating group) is 1. The molecule has 2 aromatic carbocycles. The lowest BCUT2D eigenvalue weighted by Crippen LogP contribution is -3.11. The molecule has 3 atom stereocenters. The van der Waals surface area contributed by atoms with Crippen molar-refractivity contribution < 1.29 is 13.3 Å². The molecule has 1 unspecified atom stereocenters. The summed E-state index contributed by atoms with van der Waals surface area (Å²) in [5.41, 5.74) is 3.18. The zero-order valence-electron chi connectivity index (χ0n) is 14.4. The zero-order chi connectivity index (χ0) is 17.8. The number of quaternary nitrogens is 1. The number of hydrogen-bond donors (Lipinski definition) is 1. The summed E-state index contributed by atoms with van der Waals surface area (Å²) in [6, 6.07) is 12.6. The van der Waals surface area contributed by atoms with Crippen LogP contribution in [0.25, 0.3) is 0 Å². The Morgan fingerprint density at radius 2 is 1.88 bits per heavy atom. The molecule has 2 aliphatic rings. The van der Waals surface area contributed by atoms with E-state index in [2.05, 4.69) is 20.0 Å². The van der Waals surface area contributed by atoms with Crippen molar-refractivity contribution in [1.29, 1.82) is 0 Å². The number of rotatable bonds is 2. The number of aryl methyl sites for hydroxylation is 1. The lowest BCUT2D eigenvalue weighted by molar-refractivity contribution is -0.886. The third-order valence-electron chi connectivity index (χ3n) is 5.39. The molecule has 2 aliphatic heterocycles. The molecule has 1 saturated heterocycles. The lowest BCUT2D eigenvalue weighted by atomic mass is 9.89. The van der Waals surface area contributed by atoms with Crippen molar-refractivity contribution in [2.75, 3.05) is 24.4 Å². The highest BCUT2D eigenvalue weighted by molar-refractivity contribution is 7.92. The molecule has 2 heterocycles. The molecule has 2 aromatic rings. The largest absolute Gasteiger partial charge is 0.337 e. The van der Waals surface area contributed by atoms with E-state index in [1.54, 1.807) is 28.6 Å². The van der Waals surface area contributed by atoms with E-state index in [4.69, 9.17) is 11.6 Å². The first-order valence-corrected chi connectivity index (χ1v) is 10.4. The molecular formula is C19H22ClN2O2S+. The summed E-state index contributed by atoms with van der Waals surface area (Å²) >= 11 is 5.94. The van der Waals surface area contributed by atoms with Gasteiger partial charge in [-0.3, -0.25) is 4.31 Å². The first kappa shape index (κ1) is 16.9. The summed E-state index contributed by atoms with van der Waals surface area (Å²) in [6.45, 7) is 4.01. The minimum atomic E-state index is -3.60. The van der Waals surface area contributed by atoms with Gasteiger partial charge in [0.1, 0.15) is 0 Å². The Morgan fingerprint density at radius 1 is 1.16 bits per heavy atom. The van der Waals surface area contributed by atoms with Crippen molar-refractivity contribution in [1.82, 2.24) is 0 Å². The minimum Gasteiger partial charge on any atom is -0.337 e. The van der Waals surface area contributed by atoms with Crippen LogP contribution in [0.3, 0.4) is 0 Å². The SMILES string of the molecule is Cc1ccc2c(c1)[C@H]1C[NH+](C)CC[C@@H]1N2S(=O)(=O)c1ccc(Cl)cc1. The second-order valence-electron chi connectivity index (χ2n) is 7.19. The van der Waals surface area contributed by atoms with E-state index in [0.29, 0.717) is 9.92 Å². The maximum absolute atomic E-state index is 13.4. The number of halogens is 1. The normalized spacial score (nSPS) is 25.6. The van der Waals surface area contributed by atoms with Gasteiger partial charge in [-0.25, -0.2) is 8.42 Å². The molecule has 4 rings (SSSR count). The van der Waals surface area contributed by atoms with E-state index >= 15 is 0 Å². The van der Waals surface area contributed by atoms with Crippen molar-refractivity contribution in [3.63, 3.8) is 0 Å². The fourth-order valence-corrected chi connectivity index (χ4v) is 6.05. The molecule has 25 heavy (non-hydrogen) atoms. The van der Waals surface area contributed by atoms with E-state index in [9.17, 15) is 8.42 Å². The molecule has 0 radical (unpaired) electrons. The molecular weight excluding hydrogens is 356 g/mol. The molecule has 0 aromatic heterocycles. The van der Waals surface area contributed by atoms with Crippen molar-refractivity contribution in [2.45, 2.75) is 30.2 Å². The predicted molar refractivity (Wildman–Crippen MR) is 100 cm³/mol. The van der Waals surface area contributed by atoms with E-state index in [1.807, 2.05) is 12.1 Å². The first-order chi connectivity index (χ1) is 11.9. The minimum absolute atomic E-state index is 0.00109. The number of fused-ring (bicyclic) bond motifs is 3. The second kappa shape index (κ2) is 6.01. The zero-order valence-corrected chi connectivity index (χ0v) is 15.9. The van der Waals surface area contributed by atoms with Gasteiger partial charge in [-0.2, -0.15) is 0 Å². The summed E-state index contributed by atoms with van der Waals surface area (Å²) in [6.07, 6.45) is 0.872. The van der Waals surface area contributed by atoms with Gasteiger partial charge in [-0.1, -0.05) is 29.3 Å². The Labute approximate surface area is 154 Å². The molecule has 1 N–H and O–H groups in total. The standard InChI is InChI=1S/C19H21ClN2O2S/c1-13-3-8-18-16(11-13)17-12-21(2)10-9-19(17)22(18)25(23,24)15-6-4-14(20)5-7-15/h3-8,11,17,19H,9-10,12H2,1-2H3/p+1/t17-,19+/m1/s1. The maximum Gasteiger partial charge on any atom is 0.264 e. The van der Waals surface area contributed by atoms with Crippen LogP contribution in [-0.4, -0.2) is 34.6 Å². The molecule has 1 fully saturated rings. The number of hydrogen-bond acceptors (Lipinski definition) is 2. The Morgan fingerprint density at radius 3 is 2.60 bits per heavy atom. The highest BCUT2D eigenvalue weighted by Crippen LogP contribution is 2.45. The number of anilines is 1. The van der Waals surface area contributed by atoms with Crippen molar-refractivity contribution >= 4 is 27.3 Å². The Hall–Kier alpha value is -1.56. The molecule has 0 spiro atoms. The van der Waals surface area contributed by atoms with Gasteiger partial charge in [0.2, 0.25) is 0 Å². The maximum atomic E-state index is 13.4. The summed E-state index contributed by atoms with van der Waals surface area (Å²) < 4.78 is 28.5. The number of sulfonamides is 1. The lowest BCUT2D eigenvalue weighted by Gasteiger charge is -2.34. The van der Waals surface area contributed by atoms with Gasteiger partial charge in [-0.05, 0) is 42.8 Å². The fourth-order valence-electron chi connectivity index (χ4n) is 4.19. The third kappa shape index (κ3) is 2.75. The smallest absolute Gasteiger partial charge is 0.264 e. The summed E-state index contributed by atoms with van der Waals surface area (Å²) in [5, 5.41) is 0.539. The molecule has 0 bridgehead atoms. The van der Waals surface area contributed by atoms with E-state index in [0.717, 1.165) is 25.2 Å². The van der Waals surface area contributed by atoms with Gasteiger partial charge in [-0.15, -0.1) is 0 Å². The van der Waals surface area contributed by atoms with Gasteiger partial charge in [0, 0.05) is 11.4 Å². The van der Waals surface area contributed by atoms with Crippen LogP contribution in [0.2, 0.25) is 5.02 Å². The average molecular weight is 378 g/mol. The number of piperidine rings is 1. The quantitative estimate of drug-likeness (QED) is 0.872. The number of benzene rings is 2. The molecule has 0 amide bonds. The summed E-state index contributed by atoms with van der Waals surface area (Å²) in [4.78, 5) is 1.76. The van der Waals surface area contributed by atoms with Crippen LogP contribution in [0.15, 0.2) is 47.4 Å². The van der Waals surface area contributed by atoms with E-state index in [-0.39, 0.29) is 12.0 Å². The van der Waals surface area contributed by atoms with Gasteiger partial charge >= 0.3 is 0 Å². The summed E-state index contributed by atoms with van der Waals surface area (Å²) in [5.74, 6) is 0.255. The van der Waals surface area contributed by atoms with Crippen molar-refractivity contribution in [2.24, 2.45) is 0 Å². The van der Waals surface area contributed by atoms with Crippen LogP contribution in [0.1, 0.15) is 23.5 Å². The molecule has 0 saturated carbocycles. The van der Waals surface area contributed by atoms with Gasteiger partial charge < -0.3 is 4.90 Å². The van der Waals surface area contributed by atoms with Gasteiger partial charge in [0.15, 0.2) is 0 Å². The topological polar surface area (TPSA) is 41.8 Å². The van der Waals surface area contributed by atoms with Crippen molar-refractivity contribution in [3.8, 4) is 0 Å². The van der Waals surface area contributed by atoms with Crippen LogP contribution in [0.4, 0.5) is 5.69 Å². The van der Waals surface area contributed by atoms with Crippen molar-refractivity contribution in [3.05, 3.63) is 58.6 Å². The van der Waals surface area contributed by atoms with Crippen LogP contribution < -0.4 is 9.21 Å². The number of likely N-dealkylation sites (tertiary alicyclic amines) is 1.